The molecule has 2 aliphatic rings. The van der Waals surface area contributed by atoms with Crippen molar-refractivity contribution in [3.63, 3.8) is 0 Å². The maximum atomic E-state index is 12.0. The van der Waals surface area contributed by atoms with Crippen LogP contribution in [-0.4, -0.2) is 42.4 Å². The molecule has 2 saturated heterocycles. The molecular formula is C13H21NO3. The fourth-order valence-corrected chi connectivity index (χ4v) is 2.48. The Hall–Kier alpha value is -0.900. The Morgan fingerprint density at radius 2 is 2.06 bits per heavy atom. The zero-order valence-electron chi connectivity index (χ0n) is 10.5. The molecule has 1 amide bonds. The highest BCUT2D eigenvalue weighted by molar-refractivity contribution is 5.83. The van der Waals surface area contributed by atoms with Crippen LogP contribution < -0.4 is 0 Å². The molecule has 0 aromatic rings. The fraction of sp³-hybridized carbons (Fsp3) is 0.846. The van der Waals surface area contributed by atoms with Crippen LogP contribution in [-0.2, 0) is 14.3 Å². The van der Waals surface area contributed by atoms with Gasteiger partial charge in [0.15, 0.2) is 0 Å². The Balaban J connectivity index is 1.75. The van der Waals surface area contributed by atoms with Gasteiger partial charge in [-0.15, -0.1) is 0 Å². The van der Waals surface area contributed by atoms with Gasteiger partial charge in [0.05, 0.1) is 12.7 Å². The van der Waals surface area contributed by atoms with Gasteiger partial charge in [-0.05, 0) is 25.7 Å². The minimum atomic E-state index is 0.195. The minimum absolute atomic E-state index is 0.195. The summed E-state index contributed by atoms with van der Waals surface area (Å²) in [6.45, 7) is 4.01. The summed E-state index contributed by atoms with van der Waals surface area (Å²) in [6, 6.07) is 0. The zero-order valence-corrected chi connectivity index (χ0v) is 10.5. The Morgan fingerprint density at radius 3 is 2.65 bits per heavy atom. The largest absolute Gasteiger partial charge is 0.378 e. The second-order valence-corrected chi connectivity index (χ2v) is 5.21. The molecule has 4 heteroatoms. The molecule has 0 N–H and O–H groups in total. The van der Waals surface area contributed by atoms with E-state index in [0.29, 0.717) is 51.0 Å². The average molecular weight is 239 g/mol. The monoisotopic (exact) mass is 239 g/mol. The molecule has 0 saturated carbocycles. The molecule has 4 nitrogen and oxygen atoms in total. The minimum Gasteiger partial charge on any atom is -0.378 e. The number of hydrogen-bond donors (Lipinski definition) is 0. The van der Waals surface area contributed by atoms with E-state index >= 15 is 0 Å². The summed E-state index contributed by atoms with van der Waals surface area (Å²) in [4.78, 5) is 24.9. The van der Waals surface area contributed by atoms with Crippen LogP contribution in [0.1, 0.15) is 39.0 Å². The van der Waals surface area contributed by atoms with Crippen molar-refractivity contribution in [1.29, 1.82) is 0 Å². The molecule has 2 atom stereocenters. The number of amides is 1. The molecule has 17 heavy (non-hydrogen) atoms. The first-order chi connectivity index (χ1) is 8.15. The molecule has 96 valence electrons. The Bertz CT molecular complexity index is 285. The number of piperidine rings is 1. The third-order valence-corrected chi connectivity index (χ3v) is 3.74. The van der Waals surface area contributed by atoms with E-state index < -0.39 is 0 Å². The van der Waals surface area contributed by atoms with Gasteiger partial charge in [-0.3, -0.25) is 9.59 Å². The highest BCUT2D eigenvalue weighted by Gasteiger charge is 2.25. The zero-order chi connectivity index (χ0) is 12.3. The van der Waals surface area contributed by atoms with Crippen molar-refractivity contribution in [3.05, 3.63) is 0 Å². The van der Waals surface area contributed by atoms with E-state index in [2.05, 4.69) is 6.92 Å². The van der Waals surface area contributed by atoms with E-state index in [1.807, 2.05) is 4.90 Å². The lowest BCUT2D eigenvalue weighted by atomic mass is 9.95. The van der Waals surface area contributed by atoms with E-state index in [1.165, 1.54) is 0 Å². The van der Waals surface area contributed by atoms with Crippen molar-refractivity contribution in [2.45, 2.75) is 45.1 Å². The molecule has 0 radical (unpaired) electrons. The summed E-state index contributed by atoms with van der Waals surface area (Å²) in [6.07, 6.45) is 4.12. The maximum absolute atomic E-state index is 12.0. The van der Waals surface area contributed by atoms with Crippen LogP contribution >= 0.6 is 0 Å². The number of ketones is 1. The maximum Gasteiger partial charge on any atom is 0.222 e. The Kier molecular flexibility index (Phi) is 4.15. The predicted octanol–water partition coefficient (Wildman–Crippen LogP) is 1.38. The van der Waals surface area contributed by atoms with Crippen molar-refractivity contribution in [1.82, 2.24) is 4.90 Å². The molecule has 0 aliphatic carbocycles. The number of carbonyl (C=O) groups excluding carboxylic acids is 2. The molecule has 2 heterocycles. The molecule has 2 aliphatic heterocycles. The second-order valence-electron chi connectivity index (χ2n) is 5.21. The van der Waals surface area contributed by atoms with Gasteiger partial charge in [0, 0.05) is 32.4 Å². The van der Waals surface area contributed by atoms with Gasteiger partial charge < -0.3 is 9.64 Å². The van der Waals surface area contributed by atoms with Gasteiger partial charge in [-0.2, -0.15) is 0 Å². The standard InChI is InChI=1S/C13H21NO3/c1-10-2-3-11(9-17-10)8-13(16)14-6-4-12(15)5-7-14/h10-11H,2-9H2,1H3. The van der Waals surface area contributed by atoms with Crippen LogP contribution in [0.3, 0.4) is 0 Å². The van der Waals surface area contributed by atoms with Crippen molar-refractivity contribution in [2.24, 2.45) is 5.92 Å². The smallest absolute Gasteiger partial charge is 0.222 e. The molecule has 0 aromatic heterocycles. The number of ether oxygens (including phenoxy) is 1. The molecule has 0 bridgehead atoms. The van der Waals surface area contributed by atoms with Crippen molar-refractivity contribution < 1.29 is 14.3 Å². The van der Waals surface area contributed by atoms with Crippen LogP contribution in [0.4, 0.5) is 0 Å². The molecular weight excluding hydrogens is 218 g/mol. The van der Waals surface area contributed by atoms with Crippen LogP contribution in [0.5, 0.6) is 0 Å². The number of hydrogen-bond acceptors (Lipinski definition) is 3. The van der Waals surface area contributed by atoms with E-state index in [-0.39, 0.29) is 11.7 Å². The fourth-order valence-electron chi connectivity index (χ4n) is 2.48. The summed E-state index contributed by atoms with van der Waals surface area (Å²) in [5.74, 6) is 0.848. The van der Waals surface area contributed by atoms with Crippen LogP contribution in [0.2, 0.25) is 0 Å². The van der Waals surface area contributed by atoms with Gasteiger partial charge in [0.2, 0.25) is 5.91 Å². The summed E-state index contributed by atoms with van der Waals surface area (Å²) in [5.41, 5.74) is 0. The van der Waals surface area contributed by atoms with Crippen molar-refractivity contribution >= 4 is 11.7 Å². The van der Waals surface area contributed by atoms with Crippen molar-refractivity contribution in [3.8, 4) is 0 Å². The SMILES string of the molecule is CC1CCC(CC(=O)N2CCC(=O)CC2)CO1. The predicted molar refractivity (Wildman–Crippen MR) is 63.6 cm³/mol. The third-order valence-electron chi connectivity index (χ3n) is 3.74. The average Bonchev–Trinajstić information content (AvgIpc) is 2.33. The van der Waals surface area contributed by atoms with E-state index in [0.717, 1.165) is 12.8 Å². The Labute approximate surface area is 102 Å². The van der Waals surface area contributed by atoms with E-state index in [1.54, 1.807) is 0 Å². The van der Waals surface area contributed by atoms with Gasteiger partial charge in [-0.25, -0.2) is 0 Å². The van der Waals surface area contributed by atoms with Crippen LogP contribution in [0.15, 0.2) is 0 Å². The highest BCUT2D eigenvalue weighted by atomic mass is 16.5. The summed E-state index contributed by atoms with van der Waals surface area (Å²) in [7, 11) is 0. The molecule has 2 rings (SSSR count). The summed E-state index contributed by atoms with van der Waals surface area (Å²) < 4.78 is 5.57. The van der Waals surface area contributed by atoms with E-state index in [9.17, 15) is 9.59 Å². The van der Waals surface area contributed by atoms with Crippen LogP contribution in [0.25, 0.3) is 0 Å². The quantitative estimate of drug-likeness (QED) is 0.731. The number of likely N-dealkylation sites (tertiary alicyclic amines) is 1. The number of carbonyl (C=O) groups is 2. The molecule has 0 aromatic carbocycles. The highest BCUT2D eigenvalue weighted by Crippen LogP contribution is 2.22. The number of nitrogens with zero attached hydrogens (tertiary/aromatic N) is 1. The summed E-state index contributed by atoms with van der Waals surface area (Å²) >= 11 is 0. The van der Waals surface area contributed by atoms with Gasteiger partial charge in [-0.1, -0.05) is 0 Å². The van der Waals surface area contributed by atoms with E-state index in [4.69, 9.17) is 4.74 Å². The van der Waals surface area contributed by atoms with Gasteiger partial charge >= 0.3 is 0 Å². The lowest BCUT2D eigenvalue weighted by Crippen LogP contribution is -2.40. The topological polar surface area (TPSA) is 46.6 Å². The number of rotatable bonds is 2. The lowest BCUT2D eigenvalue weighted by molar-refractivity contribution is -0.136. The van der Waals surface area contributed by atoms with Gasteiger partial charge in [0.25, 0.3) is 0 Å². The third kappa shape index (κ3) is 3.53. The second kappa shape index (κ2) is 5.63. The van der Waals surface area contributed by atoms with Gasteiger partial charge in [0.1, 0.15) is 5.78 Å². The number of Topliss-reactive ketones (excluding diaryl/α,β-unsaturated/α-hetero) is 1. The lowest BCUT2D eigenvalue weighted by Gasteiger charge is -2.30. The molecule has 2 unspecified atom stereocenters. The first-order valence-electron chi connectivity index (χ1n) is 6.56. The first kappa shape index (κ1) is 12.6. The molecule has 0 spiro atoms. The van der Waals surface area contributed by atoms with Crippen LogP contribution in [0, 0.1) is 5.92 Å². The summed E-state index contributed by atoms with van der Waals surface area (Å²) in [5, 5.41) is 0. The first-order valence-corrected chi connectivity index (χ1v) is 6.56. The van der Waals surface area contributed by atoms with Crippen molar-refractivity contribution in [2.75, 3.05) is 19.7 Å². The molecule has 2 fully saturated rings. The normalized spacial score (nSPS) is 30.4. The Morgan fingerprint density at radius 1 is 1.35 bits per heavy atom.